The largest absolute Gasteiger partial charge is 0.316 e. The molecule has 1 heterocycles. The van der Waals surface area contributed by atoms with E-state index in [2.05, 4.69) is 10.4 Å². The normalized spacial score (nSPS) is 16.1. The van der Waals surface area contributed by atoms with Crippen molar-refractivity contribution < 1.29 is 4.79 Å². The van der Waals surface area contributed by atoms with Crippen LogP contribution >= 0.6 is 11.9 Å². The molecule has 2 rings (SSSR count). The van der Waals surface area contributed by atoms with Crippen molar-refractivity contribution in [3.63, 3.8) is 0 Å². The lowest BCUT2D eigenvalue weighted by atomic mass is 10.1. The Labute approximate surface area is 106 Å². The summed E-state index contributed by atoms with van der Waals surface area (Å²) in [5, 5.41) is 8.99. The van der Waals surface area contributed by atoms with Crippen molar-refractivity contribution in [1.82, 2.24) is 0 Å². The standard InChI is InChI=1S/C13H14N2OS/c14-9-12-8-13(5-4-11(12)10-16)15-6-2-1-3-7-17-15/h4-5,8,10H,1-3,6-7H2. The molecular formula is C13H14N2OS. The number of benzene rings is 1. The fraction of sp³-hybridized carbons (Fsp3) is 0.385. The van der Waals surface area contributed by atoms with Crippen LogP contribution in [-0.2, 0) is 0 Å². The Balaban J connectivity index is 2.26. The maximum Gasteiger partial charge on any atom is 0.151 e. The fourth-order valence-corrected chi connectivity index (χ4v) is 2.95. The molecule has 0 radical (unpaired) electrons. The number of carbonyl (C=O) groups is 1. The van der Waals surface area contributed by atoms with E-state index in [9.17, 15) is 4.79 Å². The van der Waals surface area contributed by atoms with Gasteiger partial charge in [0.25, 0.3) is 0 Å². The summed E-state index contributed by atoms with van der Waals surface area (Å²) in [5.74, 6) is 1.12. The van der Waals surface area contributed by atoms with Crippen LogP contribution in [0.1, 0.15) is 35.2 Å². The third kappa shape index (κ3) is 2.80. The molecule has 1 aliphatic rings. The predicted octanol–water partition coefficient (Wildman–Crippen LogP) is 3.01. The molecule has 1 aromatic rings. The molecule has 0 atom stereocenters. The summed E-state index contributed by atoms with van der Waals surface area (Å²) in [7, 11) is 0. The third-order valence-electron chi connectivity index (χ3n) is 2.82. The van der Waals surface area contributed by atoms with E-state index in [0.29, 0.717) is 11.1 Å². The summed E-state index contributed by atoms with van der Waals surface area (Å²) in [4.78, 5) is 10.8. The lowest BCUT2D eigenvalue weighted by molar-refractivity contribution is 0.112. The van der Waals surface area contributed by atoms with Crippen LogP contribution in [0.2, 0.25) is 0 Å². The molecular weight excluding hydrogens is 232 g/mol. The van der Waals surface area contributed by atoms with Crippen LogP contribution in [0.4, 0.5) is 5.69 Å². The number of anilines is 1. The van der Waals surface area contributed by atoms with Crippen LogP contribution in [0.5, 0.6) is 0 Å². The molecule has 0 amide bonds. The van der Waals surface area contributed by atoms with Crippen LogP contribution in [0, 0.1) is 11.3 Å². The van der Waals surface area contributed by atoms with Gasteiger partial charge in [-0.15, -0.1) is 0 Å². The first kappa shape index (κ1) is 12.0. The van der Waals surface area contributed by atoms with Crippen LogP contribution in [0.25, 0.3) is 0 Å². The molecule has 17 heavy (non-hydrogen) atoms. The zero-order valence-electron chi connectivity index (χ0n) is 9.56. The average molecular weight is 246 g/mol. The second-order valence-corrected chi connectivity index (χ2v) is 5.10. The molecule has 0 bridgehead atoms. The summed E-state index contributed by atoms with van der Waals surface area (Å²) in [5.41, 5.74) is 1.96. The summed E-state index contributed by atoms with van der Waals surface area (Å²) in [6.07, 6.45) is 4.43. The number of nitriles is 1. The van der Waals surface area contributed by atoms with E-state index in [1.165, 1.54) is 19.3 Å². The second kappa shape index (κ2) is 5.74. The van der Waals surface area contributed by atoms with Gasteiger partial charge >= 0.3 is 0 Å². The highest BCUT2D eigenvalue weighted by molar-refractivity contribution is 8.00. The number of rotatable bonds is 2. The molecule has 0 N–H and O–H groups in total. The van der Waals surface area contributed by atoms with Crippen LogP contribution in [0.3, 0.4) is 0 Å². The first-order valence-corrected chi connectivity index (χ1v) is 6.69. The molecule has 1 fully saturated rings. The first-order chi connectivity index (χ1) is 8.35. The van der Waals surface area contributed by atoms with E-state index in [1.54, 1.807) is 18.0 Å². The Morgan fingerprint density at radius 1 is 1.35 bits per heavy atom. The van der Waals surface area contributed by atoms with E-state index >= 15 is 0 Å². The molecule has 0 aromatic heterocycles. The number of hydrogen-bond acceptors (Lipinski definition) is 4. The van der Waals surface area contributed by atoms with E-state index in [1.807, 2.05) is 12.1 Å². The van der Waals surface area contributed by atoms with Gasteiger partial charge in [0.1, 0.15) is 0 Å². The van der Waals surface area contributed by atoms with Crippen molar-refractivity contribution in [2.45, 2.75) is 19.3 Å². The van der Waals surface area contributed by atoms with Crippen molar-refractivity contribution in [3.8, 4) is 6.07 Å². The highest BCUT2D eigenvalue weighted by Gasteiger charge is 2.12. The van der Waals surface area contributed by atoms with E-state index in [4.69, 9.17) is 5.26 Å². The monoisotopic (exact) mass is 246 g/mol. The number of hydrogen-bond donors (Lipinski definition) is 0. The Morgan fingerprint density at radius 3 is 3.00 bits per heavy atom. The molecule has 1 saturated heterocycles. The van der Waals surface area contributed by atoms with Gasteiger partial charge in [-0.3, -0.25) is 4.79 Å². The molecule has 0 saturated carbocycles. The van der Waals surface area contributed by atoms with E-state index < -0.39 is 0 Å². The second-order valence-electron chi connectivity index (χ2n) is 4.00. The number of nitrogens with zero attached hydrogens (tertiary/aromatic N) is 2. The third-order valence-corrected chi connectivity index (χ3v) is 4.00. The van der Waals surface area contributed by atoms with Crippen LogP contribution < -0.4 is 4.31 Å². The van der Waals surface area contributed by atoms with Crippen molar-refractivity contribution in [1.29, 1.82) is 5.26 Å². The van der Waals surface area contributed by atoms with Gasteiger partial charge in [0.2, 0.25) is 0 Å². The van der Waals surface area contributed by atoms with Crippen molar-refractivity contribution in [2.24, 2.45) is 0 Å². The van der Waals surface area contributed by atoms with Gasteiger partial charge < -0.3 is 4.31 Å². The Bertz CT molecular complexity index is 445. The molecule has 3 nitrogen and oxygen atoms in total. The Hall–Kier alpha value is -1.47. The lowest BCUT2D eigenvalue weighted by Crippen LogP contribution is -2.14. The van der Waals surface area contributed by atoms with Crippen LogP contribution in [-0.4, -0.2) is 18.6 Å². The molecule has 0 aliphatic carbocycles. The van der Waals surface area contributed by atoms with Gasteiger partial charge in [0, 0.05) is 23.5 Å². The van der Waals surface area contributed by atoms with Crippen molar-refractivity contribution in [3.05, 3.63) is 29.3 Å². The van der Waals surface area contributed by atoms with Gasteiger partial charge in [-0.05, 0) is 43.0 Å². The van der Waals surface area contributed by atoms with Crippen molar-refractivity contribution >= 4 is 23.9 Å². The quantitative estimate of drug-likeness (QED) is 0.594. The highest BCUT2D eigenvalue weighted by atomic mass is 32.2. The zero-order valence-corrected chi connectivity index (χ0v) is 10.4. The van der Waals surface area contributed by atoms with Crippen molar-refractivity contribution in [2.75, 3.05) is 16.6 Å². The van der Waals surface area contributed by atoms with E-state index in [-0.39, 0.29) is 0 Å². The minimum absolute atomic E-state index is 0.461. The molecule has 1 aromatic carbocycles. The van der Waals surface area contributed by atoms with E-state index in [0.717, 1.165) is 24.3 Å². The SMILES string of the molecule is N#Cc1cc(N2CCCCCS2)ccc1C=O. The molecule has 88 valence electrons. The van der Waals surface area contributed by atoms with Gasteiger partial charge in [0.05, 0.1) is 11.6 Å². The van der Waals surface area contributed by atoms with Gasteiger partial charge in [-0.25, -0.2) is 0 Å². The van der Waals surface area contributed by atoms with Crippen LogP contribution in [0.15, 0.2) is 18.2 Å². The highest BCUT2D eigenvalue weighted by Crippen LogP contribution is 2.28. The molecule has 0 unspecified atom stereocenters. The maximum atomic E-state index is 10.8. The summed E-state index contributed by atoms with van der Waals surface area (Å²) >= 11 is 1.81. The topological polar surface area (TPSA) is 44.1 Å². The first-order valence-electron chi connectivity index (χ1n) is 5.75. The Morgan fingerprint density at radius 2 is 2.24 bits per heavy atom. The molecule has 4 heteroatoms. The smallest absolute Gasteiger partial charge is 0.151 e. The molecule has 0 spiro atoms. The van der Waals surface area contributed by atoms with Gasteiger partial charge in [0.15, 0.2) is 6.29 Å². The fourth-order valence-electron chi connectivity index (χ4n) is 1.88. The Kier molecular flexibility index (Phi) is 4.05. The minimum atomic E-state index is 0.461. The average Bonchev–Trinajstić information content (AvgIpc) is 2.66. The predicted molar refractivity (Wildman–Crippen MR) is 70.2 cm³/mol. The summed E-state index contributed by atoms with van der Waals surface area (Å²) in [6, 6.07) is 7.53. The lowest BCUT2D eigenvalue weighted by Gasteiger charge is -2.21. The summed E-state index contributed by atoms with van der Waals surface area (Å²) < 4.78 is 2.22. The molecule has 1 aliphatic heterocycles. The number of carbonyl (C=O) groups excluding carboxylic acids is 1. The zero-order chi connectivity index (χ0) is 12.1. The minimum Gasteiger partial charge on any atom is -0.316 e. The maximum absolute atomic E-state index is 10.8. The number of aldehydes is 1. The summed E-state index contributed by atoms with van der Waals surface area (Å²) in [6.45, 7) is 1.01. The van der Waals surface area contributed by atoms with Gasteiger partial charge in [-0.1, -0.05) is 6.42 Å². The van der Waals surface area contributed by atoms with Gasteiger partial charge in [-0.2, -0.15) is 5.26 Å².